The molecule has 1 heterocycles. The molecule has 19 heavy (non-hydrogen) atoms. The third-order valence-electron chi connectivity index (χ3n) is 2.43. The second-order valence-electron chi connectivity index (χ2n) is 3.61. The minimum atomic E-state index is 0.552. The Labute approximate surface area is 124 Å². The van der Waals surface area contributed by atoms with Crippen LogP contribution in [-0.4, -0.2) is 24.1 Å². The summed E-state index contributed by atoms with van der Waals surface area (Å²) in [7, 11) is 3.34. The van der Waals surface area contributed by atoms with Gasteiger partial charge < -0.3 is 15.4 Å². The van der Waals surface area contributed by atoms with Gasteiger partial charge in [0.2, 0.25) is 5.75 Å². The van der Waals surface area contributed by atoms with Gasteiger partial charge in [-0.25, -0.2) is 9.97 Å². The first-order valence-electron chi connectivity index (χ1n) is 5.44. The number of nitrogens with one attached hydrogen (secondary N) is 2. The number of methoxy groups -OCH3 is 1. The quantitative estimate of drug-likeness (QED) is 0.886. The molecule has 2 rings (SSSR count). The zero-order chi connectivity index (χ0) is 13.8. The van der Waals surface area contributed by atoms with Crippen LogP contribution >= 0.6 is 27.5 Å². The maximum atomic E-state index is 5.95. The second kappa shape index (κ2) is 6.08. The highest BCUT2D eigenvalue weighted by atomic mass is 79.9. The standard InChI is InChI=1S/C12H12BrClN4O/c1-15-11-10(19-2)12(17-6-16-11)18-7-3-4-9(14)8(13)5-7/h3-6H,1-2H3,(H2,15,16,17,18). The van der Waals surface area contributed by atoms with E-state index < -0.39 is 0 Å². The summed E-state index contributed by atoms with van der Waals surface area (Å²) in [5, 5.41) is 6.76. The monoisotopic (exact) mass is 342 g/mol. The van der Waals surface area contributed by atoms with Gasteiger partial charge in [-0.3, -0.25) is 0 Å². The molecule has 0 radical (unpaired) electrons. The van der Waals surface area contributed by atoms with Crippen LogP contribution in [0.3, 0.4) is 0 Å². The smallest absolute Gasteiger partial charge is 0.204 e. The number of halogens is 2. The third kappa shape index (κ3) is 3.08. The summed E-state index contributed by atoms with van der Waals surface area (Å²) >= 11 is 9.33. The number of rotatable bonds is 4. The van der Waals surface area contributed by atoms with E-state index in [4.69, 9.17) is 16.3 Å². The van der Waals surface area contributed by atoms with Gasteiger partial charge in [0.15, 0.2) is 11.6 Å². The van der Waals surface area contributed by atoms with Crippen LogP contribution in [0.2, 0.25) is 5.02 Å². The molecular weight excluding hydrogens is 332 g/mol. The van der Waals surface area contributed by atoms with Gasteiger partial charge in [-0.05, 0) is 34.1 Å². The van der Waals surface area contributed by atoms with Crippen LogP contribution in [0.15, 0.2) is 29.0 Å². The largest absolute Gasteiger partial charge is 0.490 e. The van der Waals surface area contributed by atoms with Gasteiger partial charge in [-0.1, -0.05) is 11.6 Å². The van der Waals surface area contributed by atoms with Crippen LogP contribution in [0.4, 0.5) is 17.3 Å². The van der Waals surface area contributed by atoms with E-state index in [0.29, 0.717) is 22.4 Å². The van der Waals surface area contributed by atoms with Gasteiger partial charge in [0.25, 0.3) is 0 Å². The highest BCUT2D eigenvalue weighted by Gasteiger charge is 2.11. The van der Waals surface area contributed by atoms with Crippen LogP contribution in [0, 0.1) is 0 Å². The van der Waals surface area contributed by atoms with E-state index in [1.54, 1.807) is 20.2 Å². The first-order valence-corrected chi connectivity index (χ1v) is 6.61. The predicted octanol–water partition coefficient (Wildman–Crippen LogP) is 3.69. The Morgan fingerprint density at radius 2 is 2.00 bits per heavy atom. The van der Waals surface area contributed by atoms with Crippen LogP contribution < -0.4 is 15.4 Å². The van der Waals surface area contributed by atoms with Gasteiger partial charge in [-0.2, -0.15) is 0 Å². The normalized spacial score (nSPS) is 10.1. The van der Waals surface area contributed by atoms with Gasteiger partial charge in [0.1, 0.15) is 6.33 Å². The van der Waals surface area contributed by atoms with Crippen molar-refractivity contribution in [2.75, 3.05) is 24.8 Å². The molecule has 0 atom stereocenters. The lowest BCUT2D eigenvalue weighted by Gasteiger charge is -2.13. The van der Waals surface area contributed by atoms with E-state index in [1.807, 2.05) is 12.1 Å². The van der Waals surface area contributed by atoms with Crippen molar-refractivity contribution in [1.82, 2.24) is 9.97 Å². The molecular formula is C12H12BrClN4O. The van der Waals surface area contributed by atoms with Crippen LogP contribution in [-0.2, 0) is 0 Å². The molecule has 0 amide bonds. The summed E-state index contributed by atoms with van der Waals surface area (Å²) < 4.78 is 6.11. The number of nitrogens with zero attached hydrogens (tertiary/aromatic N) is 2. The number of ether oxygens (including phenoxy) is 1. The second-order valence-corrected chi connectivity index (χ2v) is 4.87. The molecule has 0 unspecified atom stereocenters. The van der Waals surface area contributed by atoms with Crippen molar-refractivity contribution >= 4 is 44.9 Å². The Morgan fingerprint density at radius 3 is 2.63 bits per heavy atom. The Morgan fingerprint density at radius 1 is 1.26 bits per heavy atom. The van der Waals surface area contributed by atoms with Gasteiger partial charge in [0, 0.05) is 17.2 Å². The molecule has 2 N–H and O–H groups in total. The van der Waals surface area contributed by atoms with E-state index in [0.717, 1.165) is 10.2 Å². The zero-order valence-corrected chi connectivity index (χ0v) is 12.7. The lowest BCUT2D eigenvalue weighted by Crippen LogP contribution is -2.03. The average Bonchev–Trinajstić information content (AvgIpc) is 2.42. The van der Waals surface area contributed by atoms with E-state index in [9.17, 15) is 0 Å². The Kier molecular flexibility index (Phi) is 4.44. The molecule has 2 aromatic rings. The highest BCUT2D eigenvalue weighted by Crippen LogP contribution is 2.32. The minimum Gasteiger partial charge on any atom is -0.490 e. The van der Waals surface area contributed by atoms with E-state index >= 15 is 0 Å². The lowest BCUT2D eigenvalue weighted by molar-refractivity contribution is 0.415. The van der Waals surface area contributed by atoms with Crippen molar-refractivity contribution < 1.29 is 4.74 Å². The molecule has 7 heteroatoms. The predicted molar refractivity (Wildman–Crippen MR) is 80.6 cm³/mol. The molecule has 1 aromatic heterocycles. The zero-order valence-electron chi connectivity index (χ0n) is 10.4. The maximum Gasteiger partial charge on any atom is 0.204 e. The van der Waals surface area contributed by atoms with E-state index in [2.05, 4.69) is 36.5 Å². The first-order chi connectivity index (χ1) is 9.15. The molecule has 0 saturated carbocycles. The summed E-state index contributed by atoms with van der Waals surface area (Å²) in [6.45, 7) is 0. The molecule has 0 aliphatic heterocycles. The molecule has 100 valence electrons. The topological polar surface area (TPSA) is 59.1 Å². The summed E-state index contributed by atoms with van der Waals surface area (Å²) in [6, 6.07) is 5.51. The van der Waals surface area contributed by atoms with Crippen molar-refractivity contribution in [2.24, 2.45) is 0 Å². The van der Waals surface area contributed by atoms with Crippen molar-refractivity contribution in [3.63, 3.8) is 0 Å². The molecule has 0 aliphatic carbocycles. The molecule has 5 nitrogen and oxygen atoms in total. The summed E-state index contributed by atoms with van der Waals surface area (Å²) in [6.07, 6.45) is 1.46. The molecule has 1 aromatic carbocycles. The summed E-state index contributed by atoms with van der Waals surface area (Å²) in [4.78, 5) is 8.25. The Hall–Kier alpha value is -1.53. The number of hydrogen-bond donors (Lipinski definition) is 2. The van der Waals surface area contributed by atoms with E-state index in [1.165, 1.54) is 6.33 Å². The fourth-order valence-corrected chi connectivity index (χ4v) is 2.04. The molecule has 0 fully saturated rings. The summed E-state index contributed by atoms with van der Waals surface area (Å²) in [5.74, 6) is 1.75. The van der Waals surface area contributed by atoms with Gasteiger partial charge in [0.05, 0.1) is 12.1 Å². The van der Waals surface area contributed by atoms with Crippen LogP contribution in [0.1, 0.15) is 0 Å². The molecule has 0 spiro atoms. The van der Waals surface area contributed by atoms with Crippen molar-refractivity contribution in [3.8, 4) is 5.75 Å². The molecule has 0 bridgehead atoms. The summed E-state index contributed by atoms with van der Waals surface area (Å²) in [5.41, 5.74) is 0.843. The fraction of sp³-hybridized carbons (Fsp3) is 0.167. The Balaban J connectivity index is 2.35. The van der Waals surface area contributed by atoms with Crippen LogP contribution in [0.5, 0.6) is 5.75 Å². The SMILES string of the molecule is CNc1ncnc(Nc2ccc(Cl)c(Br)c2)c1OC. The first kappa shape index (κ1) is 13.9. The number of benzene rings is 1. The Bertz CT molecular complexity index is 594. The van der Waals surface area contributed by atoms with Crippen LogP contribution in [0.25, 0.3) is 0 Å². The fourth-order valence-electron chi connectivity index (χ4n) is 1.54. The highest BCUT2D eigenvalue weighted by molar-refractivity contribution is 9.10. The van der Waals surface area contributed by atoms with E-state index in [-0.39, 0.29) is 0 Å². The van der Waals surface area contributed by atoms with Gasteiger partial charge in [-0.15, -0.1) is 0 Å². The van der Waals surface area contributed by atoms with Crippen molar-refractivity contribution in [2.45, 2.75) is 0 Å². The number of hydrogen-bond acceptors (Lipinski definition) is 5. The minimum absolute atomic E-state index is 0.552. The van der Waals surface area contributed by atoms with Crippen molar-refractivity contribution in [3.05, 3.63) is 34.0 Å². The number of anilines is 3. The average molecular weight is 344 g/mol. The maximum absolute atomic E-state index is 5.95. The molecule has 0 aliphatic rings. The van der Waals surface area contributed by atoms with Crippen molar-refractivity contribution in [1.29, 1.82) is 0 Å². The molecule has 0 saturated heterocycles. The van der Waals surface area contributed by atoms with Gasteiger partial charge >= 0.3 is 0 Å². The number of aromatic nitrogens is 2. The lowest BCUT2D eigenvalue weighted by atomic mass is 10.3. The third-order valence-corrected chi connectivity index (χ3v) is 3.64.